The van der Waals surface area contributed by atoms with Gasteiger partial charge in [0, 0.05) is 19.6 Å². The number of nitrogens with zero attached hydrogens (tertiary/aromatic N) is 1. The second kappa shape index (κ2) is 8.84. The molecule has 0 aliphatic carbocycles. The van der Waals surface area contributed by atoms with Crippen molar-refractivity contribution in [2.75, 3.05) is 39.0 Å². The Labute approximate surface area is 140 Å². The van der Waals surface area contributed by atoms with Crippen molar-refractivity contribution in [2.45, 2.75) is 45.6 Å². The Morgan fingerprint density at radius 2 is 1.83 bits per heavy atom. The van der Waals surface area contributed by atoms with E-state index in [1.807, 2.05) is 20.8 Å². The maximum Gasteiger partial charge on any atom is 0.410 e. The highest BCUT2D eigenvalue weighted by Crippen LogP contribution is 2.19. The fraction of sp³-hybridized carbons (Fsp3) is 0.933. The molecule has 1 fully saturated rings. The van der Waals surface area contributed by atoms with E-state index in [0.717, 1.165) is 45.4 Å². The maximum atomic E-state index is 12.0. The van der Waals surface area contributed by atoms with Crippen LogP contribution in [0.1, 0.15) is 40.0 Å². The monoisotopic (exact) mass is 349 g/mol. The quantitative estimate of drug-likeness (QED) is 0.674. The van der Waals surface area contributed by atoms with Gasteiger partial charge in [0.1, 0.15) is 5.60 Å². The van der Waals surface area contributed by atoms with E-state index < -0.39 is 15.6 Å². The van der Waals surface area contributed by atoms with Gasteiger partial charge in [0.2, 0.25) is 10.0 Å². The van der Waals surface area contributed by atoms with Crippen molar-refractivity contribution in [3.05, 3.63) is 0 Å². The van der Waals surface area contributed by atoms with Crippen LogP contribution in [0.15, 0.2) is 0 Å². The van der Waals surface area contributed by atoms with Gasteiger partial charge >= 0.3 is 6.09 Å². The second-order valence-corrected chi connectivity index (χ2v) is 8.97. The molecule has 1 aliphatic heterocycles. The van der Waals surface area contributed by atoms with Crippen molar-refractivity contribution in [2.24, 2.45) is 5.92 Å². The van der Waals surface area contributed by atoms with Gasteiger partial charge in [0.15, 0.2) is 0 Å². The highest BCUT2D eigenvalue weighted by Gasteiger charge is 2.26. The zero-order chi connectivity index (χ0) is 17.5. The van der Waals surface area contributed by atoms with Gasteiger partial charge in [-0.3, -0.25) is 0 Å². The molecule has 0 bridgehead atoms. The van der Waals surface area contributed by atoms with Gasteiger partial charge in [0.05, 0.1) is 6.26 Å². The molecule has 0 saturated carbocycles. The number of ether oxygens (including phenoxy) is 1. The van der Waals surface area contributed by atoms with Crippen LogP contribution in [0.4, 0.5) is 4.79 Å². The van der Waals surface area contributed by atoms with Gasteiger partial charge in [-0.2, -0.15) is 0 Å². The Balaban J connectivity index is 2.11. The molecule has 0 spiro atoms. The minimum atomic E-state index is -3.09. The number of nitrogens with one attached hydrogen (secondary N) is 2. The summed E-state index contributed by atoms with van der Waals surface area (Å²) < 4.78 is 29.7. The van der Waals surface area contributed by atoms with Crippen LogP contribution in [-0.2, 0) is 14.8 Å². The molecule has 7 nitrogen and oxygen atoms in total. The number of hydrogen-bond acceptors (Lipinski definition) is 5. The summed E-state index contributed by atoms with van der Waals surface area (Å²) in [5.41, 5.74) is -0.449. The molecule has 23 heavy (non-hydrogen) atoms. The van der Waals surface area contributed by atoms with E-state index >= 15 is 0 Å². The number of rotatable bonds is 7. The van der Waals surface area contributed by atoms with E-state index in [9.17, 15) is 13.2 Å². The average molecular weight is 349 g/mol. The first-order valence-corrected chi connectivity index (χ1v) is 10.1. The summed E-state index contributed by atoms with van der Waals surface area (Å²) in [5, 5.41) is 3.35. The fourth-order valence-electron chi connectivity index (χ4n) is 2.42. The van der Waals surface area contributed by atoms with E-state index in [1.54, 1.807) is 4.90 Å². The van der Waals surface area contributed by atoms with Crippen LogP contribution in [0.25, 0.3) is 0 Å². The van der Waals surface area contributed by atoms with Crippen LogP contribution in [0, 0.1) is 5.92 Å². The number of likely N-dealkylation sites (tertiary alicyclic amines) is 1. The Hall–Kier alpha value is -0.860. The summed E-state index contributed by atoms with van der Waals surface area (Å²) in [4.78, 5) is 13.7. The van der Waals surface area contributed by atoms with Gasteiger partial charge in [-0.15, -0.1) is 0 Å². The lowest BCUT2D eigenvalue weighted by atomic mass is 9.97. The fourth-order valence-corrected chi connectivity index (χ4v) is 2.94. The van der Waals surface area contributed by atoms with E-state index in [-0.39, 0.29) is 6.09 Å². The largest absolute Gasteiger partial charge is 0.444 e. The lowest BCUT2D eigenvalue weighted by Gasteiger charge is -2.33. The molecule has 0 aromatic carbocycles. The van der Waals surface area contributed by atoms with Crippen LogP contribution >= 0.6 is 0 Å². The van der Waals surface area contributed by atoms with Crippen molar-refractivity contribution >= 4 is 16.1 Å². The molecule has 1 amide bonds. The van der Waals surface area contributed by atoms with Crippen molar-refractivity contribution < 1.29 is 17.9 Å². The number of sulfonamides is 1. The van der Waals surface area contributed by atoms with E-state index in [2.05, 4.69) is 10.0 Å². The summed E-state index contributed by atoms with van der Waals surface area (Å²) in [5.74, 6) is 0.552. The molecular formula is C15H31N3O4S. The molecule has 0 aromatic rings. The minimum absolute atomic E-state index is 0.226. The maximum absolute atomic E-state index is 12.0. The highest BCUT2D eigenvalue weighted by molar-refractivity contribution is 7.88. The molecule has 136 valence electrons. The van der Waals surface area contributed by atoms with Crippen molar-refractivity contribution in [3.63, 3.8) is 0 Å². The molecule has 0 atom stereocenters. The van der Waals surface area contributed by atoms with Crippen LogP contribution < -0.4 is 10.0 Å². The predicted octanol–water partition coefficient (Wildman–Crippen LogP) is 1.16. The molecule has 0 radical (unpaired) electrons. The summed E-state index contributed by atoms with van der Waals surface area (Å²) in [6, 6.07) is 0. The number of hydrogen-bond donors (Lipinski definition) is 2. The normalized spacial score (nSPS) is 17.3. The summed E-state index contributed by atoms with van der Waals surface area (Å²) >= 11 is 0. The topological polar surface area (TPSA) is 87.7 Å². The van der Waals surface area contributed by atoms with Gasteiger partial charge in [-0.05, 0) is 59.0 Å². The zero-order valence-corrected chi connectivity index (χ0v) is 15.5. The van der Waals surface area contributed by atoms with Gasteiger partial charge in [-0.1, -0.05) is 0 Å². The van der Waals surface area contributed by atoms with Gasteiger partial charge in [-0.25, -0.2) is 17.9 Å². The summed E-state index contributed by atoms with van der Waals surface area (Å²) in [6.07, 6.45) is 3.64. The highest BCUT2D eigenvalue weighted by atomic mass is 32.2. The van der Waals surface area contributed by atoms with Crippen molar-refractivity contribution in [1.29, 1.82) is 0 Å². The molecule has 2 N–H and O–H groups in total. The third-order valence-electron chi connectivity index (χ3n) is 3.59. The third-order valence-corrected chi connectivity index (χ3v) is 4.32. The Kier molecular flexibility index (Phi) is 7.76. The molecule has 1 heterocycles. The van der Waals surface area contributed by atoms with E-state index in [4.69, 9.17) is 4.74 Å². The van der Waals surface area contributed by atoms with Crippen LogP contribution in [0.2, 0.25) is 0 Å². The summed E-state index contributed by atoms with van der Waals surface area (Å²) in [6.45, 7) is 9.24. The first-order chi connectivity index (χ1) is 10.6. The average Bonchev–Trinajstić information content (AvgIpc) is 2.40. The molecule has 0 unspecified atom stereocenters. The van der Waals surface area contributed by atoms with Crippen LogP contribution in [0.5, 0.6) is 0 Å². The van der Waals surface area contributed by atoms with Gasteiger partial charge < -0.3 is 15.0 Å². The molecule has 1 rings (SSSR count). The van der Waals surface area contributed by atoms with Gasteiger partial charge in [0.25, 0.3) is 0 Å². The minimum Gasteiger partial charge on any atom is -0.444 e. The molecular weight excluding hydrogens is 318 g/mol. The first-order valence-electron chi connectivity index (χ1n) is 8.20. The number of amides is 1. The molecule has 8 heteroatoms. The first kappa shape index (κ1) is 20.2. The predicted molar refractivity (Wildman–Crippen MR) is 90.9 cm³/mol. The Morgan fingerprint density at radius 3 is 2.35 bits per heavy atom. The number of piperidine rings is 1. The molecule has 0 aromatic heterocycles. The lowest BCUT2D eigenvalue weighted by Crippen LogP contribution is -2.43. The number of carbonyl (C=O) groups is 1. The Bertz CT molecular complexity index is 466. The molecule has 1 aliphatic rings. The number of carbonyl (C=O) groups excluding carboxylic acids is 1. The smallest absolute Gasteiger partial charge is 0.410 e. The third kappa shape index (κ3) is 9.78. The second-order valence-electron chi connectivity index (χ2n) is 7.13. The van der Waals surface area contributed by atoms with Crippen LogP contribution in [-0.4, -0.2) is 64.0 Å². The molecule has 1 saturated heterocycles. The lowest BCUT2D eigenvalue weighted by molar-refractivity contribution is 0.0184. The zero-order valence-electron chi connectivity index (χ0n) is 14.7. The Morgan fingerprint density at radius 1 is 1.22 bits per heavy atom. The van der Waals surface area contributed by atoms with Crippen LogP contribution in [0.3, 0.4) is 0 Å². The SMILES string of the molecule is CC(C)(C)OC(=O)N1CCC(CNCCCNS(C)(=O)=O)CC1. The summed E-state index contributed by atoms with van der Waals surface area (Å²) in [7, 11) is -3.09. The standard InChI is InChI=1S/C15H31N3O4S/c1-15(2,3)22-14(19)18-10-6-13(7-11-18)12-16-8-5-9-17-23(4,20)21/h13,16-17H,5-12H2,1-4H3. The van der Waals surface area contributed by atoms with Crippen molar-refractivity contribution in [3.8, 4) is 0 Å². The van der Waals surface area contributed by atoms with E-state index in [0.29, 0.717) is 12.5 Å². The van der Waals surface area contributed by atoms with E-state index in [1.165, 1.54) is 6.26 Å². The van der Waals surface area contributed by atoms with Crippen molar-refractivity contribution in [1.82, 2.24) is 14.9 Å².